The Balaban J connectivity index is 1.84. The number of pyridine rings is 1. The van der Waals surface area contributed by atoms with Gasteiger partial charge in [-0.05, 0) is 18.9 Å². The van der Waals surface area contributed by atoms with Crippen molar-refractivity contribution in [2.45, 2.75) is 44.6 Å². The van der Waals surface area contributed by atoms with Crippen LogP contribution in [0.15, 0.2) is 23.3 Å². The number of rotatable bonds is 3. The molecule has 0 unspecified atom stereocenters. The SMILES string of the molecule is O=C(O)Cn1ccc2c(cnc3nc(C4CCCCC4)nn32)c1=O. The van der Waals surface area contributed by atoms with E-state index >= 15 is 0 Å². The lowest BCUT2D eigenvalue weighted by Crippen LogP contribution is -2.24. The molecule has 8 nitrogen and oxygen atoms in total. The minimum absolute atomic E-state index is 0.339. The van der Waals surface area contributed by atoms with E-state index in [9.17, 15) is 9.59 Å². The van der Waals surface area contributed by atoms with Gasteiger partial charge in [-0.1, -0.05) is 19.3 Å². The van der Waals surface area contributed by atoms with E-state index in [4.69, 9.17) is 5.11 Å². The first-order valence-corrected chi connectivity index (χ1v) is 8.10. The van der Waals surface area contributed by atoms with Crippen molar-refractivity contribution in [1.82, 2.24) is 24.1 Å². The highest BCUT2D eigenvalue weighted by molar-refractivity contribution is 5.79. The van der Waals surface area contributed by atoms with E-state index in [2.05, 4.69) is 15.1 Å². The summed E-state index contributed by atoms with van der Waals surface area (Å²) in [6.07, 6.45) is 8.72. The Labute approximate surface area is 136 Å². The Morgan fingerprint density at radius 3 is 2.83 bits per heavy atom. The molecule has 3 aromatic rings. The van der Waals surface area contributed by atoms with Gasteiger partial charge in [0.1, 0.15) is 6.54 Å². The van der Waals surface area contributed by atoms with E-state index in [-0.39, 0.29) is 12.1 Å². The number of fused-ring (bicyclic) bond motifs is 3. The number of carboxylic acids is 1. The Kier molecular flexibility index (Phi) is 3.51. The monoisotopic (exact) mass is 327 g/mol. The van der Waals surface area contributed by atoms with Gasteiger partial charge in [-0.2, -0.15) is 9.50 Å². The van der Waals surface area contributed by atoms with Crippen molar-refractivity contribution in [2.75, 3.05) is 0 Å². The van der Waals surface area contributed by atoms with Crippen LogP contribution in [0.1, 0.15) is 43.8 Å². The van der Waals surface area contributed by atoms with Gasteiger partial charge in [-0.25, -0.2) is 4.98 Å². The maximum Gasteiger partial charge on any atom is 0.323 e. The second kappa shape index (κ2) is 5.70. The zero-order valence-corrected chi connectivity index (χ0v) is 13.1. The van der Waals surface area contributed by atoms with Crippen LogP contribution in [0.2, 0.25) is 0 Å². The number of hydrogen-bond donors (Lipinski definition) is 1. The molecule has 3 aromatic heterocycles. The average molecular weight is 327 g/mol. The van der Waals surface area contributed by atoms with Gasteiger partial charge in [0.05, 0.1) is 10.9 Å². The van der Waals surface area contributed by atoms with Crippen LogP contribution in [-0.2, 0) is 11.3 Å². The Morgan fingerprint density at radius 2 is 2.08 bits per heavy atom. The molecule has 0 saturated heterocycles. The molecule has 24 heavy (non-hydrogen) atoms. The molecule has 1 aliphatic rings. The molecule has 1 fully saturated rings. The Morgan fingerprint density at radius 1 is 1.29 bits per heavy atom. The first-order chi connectivity index (χ1) is 11.6. The van der Waals surface area contributed by atoms with E-state index in [1.54, 1.807) is 10.6 Å². The van der Waals surface area contributed by atoms with Crippen LogP contribution in [0.25, 0.3) is 16.7 Å². The first-order valence-electron chi connectivity index (χ1n) is 8.10. The lowest BCUT2D eigenvalue weighted by molar-refractivity contribution is -0.137. The van der Waals surface area contributed by atoms with Crippen molar-refractivity contribution in [2.24, 2.45) is 0 Å². The molecule has 0 aliphatic heterocycles. The van der Waals surface area contributed by atoms with E-state index in [0.717, 1.165) is 23.2 Å². The fourth-order valence-corrected chi connectivity index (χ4v) is 3.38. The average Bonchev–Trinajstić information content (AvgIpc) is 3.02. The summed E-state index contributed by atoms with van der Waals surface area (Å²) in [5, 5.41) is 13.8. The number of aromatic nitrogens is 5. The molecule has 4 rings (SSSR count). The van der Waals surface area contributed by atoms with Crippen LogP contribution in [-0.4, -0.2) is 35.2 Å². The zero-order valence-electron chi connectivity index (χ0n) is 13.1. The number of carboxylic acid groups (broad SMARTS) is 1. The highest BCUT2D eigenvalue weighted by Crippen LogP contribution is 2.30. The third-order valence-corrected chi connectivity index (χ3v) is 4.60. The topological polar surface area (TPSA) is 102 Å². The normalized spacial score (nSPS) is 16.0. The molecule has 0 bridgehead atoms. The molecule has 0 atom stereocenters. The van der Waals surface area contributed by atoms with Gasteiger partial charge < -0.3 is 9.67 Å². The third-order valence-electron chi connectivity index (χ3n) is 4.60. The van der Waals surface area contributed by atoms with Gasteiger partial charge in [0.15, 0.2) is 5.82 Å². The smallest absolute Gasteiger partial charge is 0.323 e. The van der Waals surface area contributed by atoms with Gasteiger partial charge in [0.25, 0.3) is 11.3 Å². The maximum absolute atomic E-state index is 12.4. The lowest BCUT2D eigenvalue weighted by atomic mass is 9.89. The van der Waals surface area contributed by atoms with Crippen LogP contribution < -0.4 is 5.56 Å². The standard InChI is InChI=1S/C16H17N5O3/c22-13(23)9-20-7-6-12-11(15(20)24)8-17-16-18-14(19-21(12)16)10-4-2-1-3-5-10/h6-8,10H,1-5,9H2,(H,22,23). The molecule has 0 amide bonds. The van der Waals surface area contributed by atoms with Crippen LogP contribution in [0.3, 0.4) is 0 Å². The Hall–Kier alpha value is -2.77. The summed E-state index contributed by atoms with van der Waals surface area (Å²) in [7, 11) is 0. The summed E-state index contributed by atoms with van der Waals surface area (Å²) in [5.74, 6) is 0.539. The number of hydrogen-bond acceptors (Lipinski definition) is 5. The predicted molar refractivity (Wildman–Crippen MR) is 86.0 cm³/mol. The van der Waals surface area contributed by atoms with Crippen molar-refractivity contribution in [3.63, 3.8) is 0 Å². The number of aliphatic carboxylic acids is 1. The molecule has 8 heteroatoms. The van der Waals surface area contributed by atoms with Gasteiger partial charge >= 0.3 is 5.97 Å². The Bertz CT molecular complexity index is 984. The summed E-state index contributed by atoms with van der Waals surface area (Å²) in [6, 6.07) is 1.69. The van der Waals surface area contributed by atoms with Crippen LogP contribution >= 0.6 is 0 Å². The lowest BCUT2D eigenvalue weighted by Gasteiger charge is -2.17. The van der Waals surface area contributed by atoms with Crippen LogP contribution in [0.4, 0.5) is 0 Å². The summed E-state index contributed by atoms with van der Waals surface area (Å²) in [5.41, 5.74) is 0.209. The van der Waals surface area contributed by atoms with Crippen molar-refractivity contribution in [1.29, 1.82) is 0 Å². The molecule has 1 N–H and O–H groups in total. The molecule has 124 valence electrons. The number of nitrogens with zero attached hydrogens (tertiary/aromatic N) is 5. The van der Waals surface area contributed by atoms with E-state index in [1.807, 2.05) is 0 Å². The minimum atomic E-state index is -1.06. The maximum atomic E-state index is 12.4. The minimum Gasteiger partial charge on any atom is -0.480 e. The molecule has 3 heterocycles. The largest absolute Gasteiger partial charge is 0.480 e. The molecular formula is C16H17N5O3. The van der Waals surface area contributed by atoms with E-state index in [1.165, 1.54) is 31.7 Å². The van der Waals surface area contributed by atoms with Crippen molar-refractivity contribution in [3.8, 4) is 0 Å². The number of carbonyl (C=O) groups is 1. The second-order valence-electron chi connectivity index (χ2n) is 6.22. The van der Waals surface area contributed by atoms with Gasteiger partial charge in [0.2, 0.25) is 0 Å². The molecule has 1 saturated carbocycles. The highest BCUT2D eigenvalue weighted by atomic mass is 16.4. The van der Waals surface area contributed by atoms with Crippen LogP contribution in [0, 0.1) is 0 Å². The summed E-state index contributed by atoms with van der Waals surface area (Å²) in [6.45, 7) is -0.377. The fraction of sp³-hybridized carbons (Fsp3) is 0.438. The summed E-state index contributed by atoms with van der Waals surface area (Å²) in [4.78, 5) is 32.0. The fourth-order valence-electron chi connectivity index (χ4n) is 3.38. The van der Waals surface area contributed by atoms with E-state index < -0.39 is 5.97 Å². The van der Waals surface area contributed by atoms with Gasteiger partial charge in [0, 0.05) is 18.3 Å². The molecular weight excluding hydrogens is 310 g/mol. The molecule has 0 radical (unpaired) electrons. The van der Waals surface area contributed by atoms with Crippen LogP contribution in [0.5, 0.6) is 0 Å². The van der Waals surface area contributed by atoms with E-state index in [0.29, 0.717) is 22.6 Å². The van der Waals surface area contributed by atoms with Crippen molar-refractivity contribution in [3.05, 3.63) is 34.6 Å². The molecule has 1 aliphatic carbocycles. The third kappa shape index (κ3) is 2.44. The van der Waals surface area contributed by atoms with Crippen molar-refractivity contribution >= 4 is 22.6 Å². The molecule has 0 spiro atoms. The summed E-state index contributed by atoms with van der Waals surface area (Å²) < 4.78 is 2.74. The quantitative estimate of drug-likeness (QED) is 0.783. The van der Waals surface area contributed by atoms with Gasteiger partial charge in [-0.15, -0.1) is 5.10 Å². The highest BCUT2D eigenvalue weighted by Gasteiger charge is 2.21. The summed E-state index contributed by atoms with van der Waals surface area (Å²) >= 11 is 0. The first kappa shape index (κ1) is 14.8. The predicted octanol–water partition coefficient (Wildman–Crippen LogP) is 1.57. The zero-order chi connectivity index (χ0) is 16.7. The molecule has 0 aromatic carbocycles. The second-order valence-corrected chi connectivity index (χ2v) is 6.22. The van der Waals surface area contributed by atoms with Crippen molar-refractivity contribution < 1.29 is 9.90 Å². The van der Waals surface area contributed by atoms with Gasteiger partial charge in [-0.3, -0.25) is 9.59 Å².